The lowest BCUT2D eigenvalue weighted by molar-refractivity contribution is -0.151. The number of carbonyl (C=O) groups excluding carboxylic acids is 1. The summed E-state index contributed by atoms with van der Waals surface area (Å²) in [6, 6.07) is 5.39. The summed E-state index contributed by atoms with van der Waals surface area (Å²) < 4.78 is 11.9. The fourth-order valence-corrected chi connectivity index (χ4v) is 5.18. The van der Waals surface area contributed by atoms with Gasteiger partial charge in [-0.1, -0.05) is 18.9 Å². The van der Waals surface area contributed by atoms with E-state index >= 15 is 0 Å². The SMILES string of the molecule is CC[C@@]1(CNC(N)=NC)C#CC[C@H](Cc2ccc(O)c(OC3CCNCC3)c2)[C@@H](OC(C)=O)C[C@@H](O)CC1. The Bertz CT molecular complexity index is 1010. The molecule has 1 aliphatic carbocycles. The first-order valence-electron chi connectivity index (χ1n) is 13.7. The molecule has 1 heterocycles. The van der Waals surface area contributed by atoms with Crippen molar-refractivity contribution in [3.8, 4) is 23.3 Å². The van der Waals surface area contributed by atoms with Crippen molar-refractivity contribution in [3.05, 3.63) is 23.8 Å². The van der Waals surface area contributed by atoms with E-state index in [4.69, 9.17) is 15.2 Å². The van der Waals surface area contributed by atoms with Crippen molar-refractivity contribution in [2.24, 2.45) is 22.1 Å². The molecular weight excluding hydrogens is 484 g/mol. The predicted molar refractivity (Wildman–Crippen MR) is 148 cm³/mol. The quantitative estimate of drug-likeness (QED) is 0.150. The third-order valence-electron chi connectivity index (χ3n) is 7.65. The van der Waals surface area contributed by atoms with E-state index in [9.17, 15) is 15.0 Å². The van der Waals surface area contributed by atoms with E-state index in [1.165, 1.54) is 6.92 Å². The molecule has 2 aliphatic rings. The topological polar surface area (TPSA) is 138 Å². The number of hydrogen-bond acceptors (Lipinski definition) is 7. The van der Waals surface area contributed by atoms with Crippen molar-refractivity contribution >= 4 is 11.9 Å². The molecule has 0 spiro atoms. The van der Waals surface area contributed by atoms with Crippen molar-refractivity contribution in [3.63, 3.8) is 0 Å². The highest BCUT2D eigenvalue weighted by molar-refractivity contribution is 5.77. The number of hydrogen-bond donors (Lipinski definition) is 5. The molecule has 6 N–H and O–H groups in total. The first kappa shape index (κ1) is 29.6. The second-order valence-corrected chi connectivity index (χ2v) is 10.5. The predicted octanol–water partition coefficient (Wildman–Crippen LogP) is 2.48. The Hall–Kier alpha value is -2.96. The maximum Gasteiger partial charge on any atom is 0.302 e. The van der Waals surface area contributed by atoms with E-state index < -0.39 is 12.2 Å². The van der Waals surface area contributed by atoms with Gasteiger partial charge < -0.3 is 36.1 Å². The number of nitrogens with one attached hydrogen (secondary N) is 2. The number of phenols is 1. The molecule has 1 aromatic rings. The summed E-state index contributed by atoms with van der Waals surface area (Å²) in [7, 11) is 1.63. The molecule has 9 nitrogen and oxygen atoms in total. The molecule has 0 unspecified atom stereocenters. The van der Waals surface area contributed by atoms with Crippen LogP contribution in [0.2, 0.25) is 0 Å². The zero-order valence-corrected chi connectivity index (χ0v) is 23.0. The monoisotopic (exact) mass is 528 g/mol. The van der Waals surface area contributed by atoms with Gasteiger partial charge in [-0.15, -0.1) is 5.92 Å². The van der Waals surface area contributed by atoms with Crippen LogP contribution in [0.4, 0.5) is 0 Å². The number of nitrogens with zero attached hydrogens (tertiary/aromatic N) is 1. The van der Waals surface area contributed by atoms with E-state index in [0.29, 0.717) is 50.4 Å². The molecule has 0 amide bonds. The average Bonchev–Trinajstić information content (AvgIpc) is 2.90. The summed E-state index contributed by atoms with van der Waals surface area (Å²) in [6.07, 6.45) is 4.14. The van der Waals surface area contributed by atoms with Crippen molar-refractivity contribution in [2.45, 2.75) is 83.5 Å². The molecule has 0 radical (unpaired) electrons. The highest BCUT2D eigenvalue weighted by atomic mass is 16.5. The number of aliphatic imine (C=N–C) groups is 1. The molecule has 9 heteroatoms. The zero-order chi connectivity index (χ0) is 27.5. The number of carbonyl (C=O) groups is 1. The number of aromatic hydroxyl groups is 1. The van der Waals surface area contributed by atoms with E-state index in [0.717, 1.165) is 37.9 Å². The van der Waals surface area contributed by atoms with Gasteiger partial charge in [0, 0.05) is 44.7 Å². The third-order valence-corrected chi connectivity index (χ3v) is 7.65. The maximum absolute atomic E-state index is 12.0. The van der Waals surface area contributed by atoms with Gasteiger partial charge in [0.15, 0.2) is 17.5 Å². The summed E-state index contributed by atoms with van der Waals surface area (Å²) in [5, 5.41) is 27.9. The Morgan fingerprint density at radius 1 is 1.32 bits per heavy atom. The molecule has 0 bridgehead atoms. The van der Waals surface area contributed by atoms with Gasteiger partial charge in [0.2, 0.25) is 0 Å². The van der Waals surface area contributed by atoms with Crippen LogP contribution in [-0.4, -0.2) is 67.1 Å². The fraction of sp³-hybridized carbons (Fsp3) is 0.655. The minimum absolute atomic E-state index is 0.0587. The number of ether oxygens (including phenoxy) is 2. The Morgan fingerprint density at radius 2 is 2.08 bits per heavy atom. The Morgan fingerprint density at radius 3 is 2.76 bits per heavy atom. The first-order chi connectivity index (χ1) is 18.2. The van der Waals surface area contributed by atoms with Crippen LogP contribution < -0.4 is 21.1 Å². The van der Waals surface area contributed by atoms with Crippen molar-refractivity contribution in [1.82, 2.24) is 10.6 Å². The van der Waals surface area contributed by atoms with Gasteiger partial charge in [-0.05, 0) is 69.3 Å². The van der Waals surface area contributed by atoms with Crippen molar-refractivity contribution in [2.75, 3.05) is 26.7 Å². The molecule has 210 valence electrons. The smallest absolute Gasteiger partial charge is 0.302 e. The summed E-state index contributed by atoms with van der Waals surface area (Å²) in [5.74, 6) is 7.29. The van der Waals surface area contributed by atoms with Crippen LogP contribution in [-0.2, 0) is 16.0 Å². The number of esters is 1. The number of benzene rings is 1. The third kappa shape index (κ3) is 8.81. The van der Waals surface area contributed by atoms with Gasteiger partial charge in [-0.2, -0.15) is 0 Å². The number of nitrogens with two attached hydrogens (primary N) is 1. The summed E-state index contributed by atoms with van der Waals surface area (Å²) in [4.78, 5) is 16.0. The van der Waals surface area contributed by atoms with Crippen LogP contribution in [0.25, 0.3) is 0 Å². The Kier molecular flexibility index (Phi) is 11.1. The Labute approximate surface area is 226 Å². The highest BCUT2D eigenvalue weighted by Crippen LogP contribution is 2.34. The molecule has 1 fully saturated rings. The number of aliphatic hydroxyl groups excluding tert-OH is 1. The standard InChI is InChI=1S/C29H44N4O5/c1-4-29(19-33-28(30)31-3)12-5-6-22(26(37-20(2)34)18-23(35)9-13-29)16-21-7-8-25(36)27(17-21)38-24-10-14-32-15-11-24/h7-8,17,22-24,26,32,35-36H,4,6,9-11,13-16,18-19H2,1-3H3,(H3,30,31,33)/t22-,23+,26+,29-/m1/s1. The minimum atomic E-state index is -0.636. The lowest BCUT2D eigenvalue weighted by atomic mass is 9.77. The van der Waals surface area contributed by atoms with Gasteiger partial charge in [-0.25, -0.2) is 0 Å². The van der Waals surface area contributed by atoms with E-state index in [1.807, 2.05) is 12.1 Å². The number of rotatable bonds is 8. The molecule has 1 aromatic carbocycles. The van der Waals surface area contributed by atoms with Crippen LogP contribution in [0, 0.1) is 23.2 Å². The van der Waals surface area contributed by atoms with Crippen LogP contribution >= 0.6 is 0 Å². The first-order valence-corrected chi connectivity index (χ1v) is 13.7. The zero-order valence-electron chi connectivity index (χ0n) is 23.0. The number of phenolic OH excluding ortho intramolecular Hbond substituents is 1. The van der Waals surface area contributed by atoms with E-state index in [-0.39, 0.29) is 29.2 Å². The lowest BCUT2D eigenvalue weighted by Crippen LogP contribution is -2.41. The largest absolute Gasteiger partial charge is 0.504 e. The van der Waals surface area contributed by atoms with Crippen LogP contribution in [0.5, 0.6) is 11.5 Å². The molecule has 38 heavy (non-hydrogen) atoms. The highest BCUT2D eigenvalue weighted by Gasteiger charge is 2.32. The summed E-state index contributed by atoms with van der Waals surface area (Å²) in [6.45, 7) is 5.82. The molecule has 3 rings (SSSR count). The molecule has 1 saturated heterocycles. The van der Waals surface area contributed by atoms with E-state index in [2.05, 4.69) is 34.4 Å². The normalized spacial score (nSPS) is 27.1. The van der Waals surface area contributed by atoms with Gasteiger partial charge in [-0.3, -0.25) is 9.79 Å². The van der Waals surface area contributed by atoms with Crippen molar-refractivity contribution < 1.29 is 24.5 Å². The van der Waals surface area contributed by atoms with Crippen molar-refractivity contribution in [1.29, 1.82) is 0 Å². The van der Waals surface area contributed by atoms with Gasteiger partial charge in [0.1, 0.15) is 12.2 Å². The van der Waals surface area contributed by atoms with Crippen LogP contribution in [0.1, 0.15) is 64.4 Å². The number of aliphatic hydroxyl groups is 1. The Balaban J connectivity index is 1.85. The second kappa shape index (κ2) is 14.3. The number of guanidine groups is 1. The molecular formula is C29H44N4O5. The van der Waals surface area contributed by atoms with Gasteiger partial charge in [0.05, 0.1) is 6.10 Å². The molecule has 1 aliphatic heterocycles. The fourth-order valence-electron chi connectivity index (χ4n) is 5.18. The number of piperidine rings is 1. The lowest BCUT2D eigenvalue weighted by Gasteiger charge is -2.32. The van der Waals surface area contributed by atoms with Gasteiger partial charge >= 0.3 is 5.97 Å². The molecule has 0 saturated carbocycles. The molecule has 0 aromatic heterocycles. The summed E-state index contributed by atoms with van der Waals surface area (Å²) in [5.41, 5.74) is 6.47. The van der Waals surface area contributed by atoms with Gasteiger partial charge in [0.25, 0.3) is 0 Å². The summed E-state index contributed by atoms with van der Waals surface area (Å²) >= 11 is 0. The average molecular weight is 529 g/mol. The second-order valence-electron chi connectivity index (χ2n) is 10.5. The van der Waals surface area contributed by atoms with E-state index in [1.54, 1.807) is 13.1 Å². The maximum atomic E-state index is 12.0. The van der Waals surface area contributed by atoms with Crippen LogP contribution in [0.15, 0.2) is 23.2 Å². The minimum Gasteiger partial charge on any atom is -0.504 e. The van der Waals surface area contributed by atoms with Crippen LogP contribution in [0.3, 0.4) is 0 Å². The molecule has 4 atom stereocenters.